The maximum Gasteiger partial charge on any atom is 0.416 e. The first-order chi connectivity index (χ1) is 14.3. The Labute approximate surface area is 178 Å². The zero-order chi connectivity index (χ0) is 21.3. The van der Waals surface area contributed by atoms with Gasteiger partial charge >= 0.3 is 6.18 Å². The van der Waals surface area contributed by atoms with E-state index in [0.29, 0.717) is 12.1 Å². The number of halogens is 3. The first-order valence-electron chi connectivity index (χ1n) is 10.1. The van der Waals surface area contributed by atoms with E-state index >= 15 is 0 Å². The Morgan fingerprint density at radius 2 is 2.00 bits per heavy atom. The molecule has 1 aliphatic heterocycles. The highest BCUT2D eigenvalue weighted by Crippen LogP contribution is 2.32. The minimum Gasteiger partial charge on any atom is -0.336 e. The van der Waals surface area contributed by atoms with E-state index in [-0.39, 0.29) is 24.1 Å². The van der Waals surface area contributed by atoms with Crippen LogP contribution < -0.4 is 5.32 Å². The van der Waals surface area contributed by atoms with Crippen LogP contribution in [0.2, 0.25) is 0 Å². The molecule has 1 N–H and O–H groups in total. The van der Waals surface area contributed by atoms with Gasteiger partial charge in [0.05, 0.1) is 5.56 Å². The van der Waals surface area contributed by atoms with Crippen LogP contribution in [0, 0.1) is 0 Å². The Hall–Kier alpha value is -2.00. The summed E-state index contributed by atoms with van der Waals surface area (Å²) in [6.07, 6.45) is -2.22. The molecular weight excluding hydrogens is 413 g/mol. The van der Waals surface area contributed by atoms with Crippen molar-refractivity contribution in [3.8, 4) is 0 Å². The SMILES string of the molecule is Cn1nc(C(=O)N2CCSCC2)c2c1CCC(NCc1ccccc1C(F)(F)F)C2. The molecular formula is C21H25F3N4OS. The zero-order valence-electron chi connectivity index (χ0n) is 16.8. The molecule has 2 heterocycles. The van der Waals surface area contributed by atoms with Crippen LogP contribution in [0.15, 0.2) is 24.3 Å². The molecule has 1 fully saturated rings. The zero-order valence-corrected chi connectivity index (χ0v) is 17.7. The smallest absolute Gasteiger partial charge is 0.336 e. The highest BCUT2D eigenvalue weighted by molar-refractivity contribution is 7.99. The van der Waals surface area contributed by atoms with E-state index in [0.717, 1.165) is 54.8 Å². The summed E-state index contributed by atoms with van der Waals surface area (Å²) >= 11 is 1.84. The van der Waals surface area contributed by atoms with Crippen LogP contribution in [0.4, 0.5) is 13.2 Å². The van der Waals surface area contributed by atoms with Crippen molar-refractivity contribution in [3.05, 3.63) is 52.3 Å². The predicted molar refractivity (Wildman–Crippen MR) is 111 cm³/mol. The van der Waals surface area contributed by atoms with E-state index in [9.17, 15) is 18.0 Å². The molecule has 162 valence electrons. The number of aromatic nitrogens is 2. The summed E-state index contributed by atoms with van der Waals surface area (Å²) in [5.41, 5.74) is 2.13. The fourth-order valence-corrected chi connectivity index (χ4v) is 5.16. The third-order valence-electron chi connectivity index (χ3n) is 5.86. The molecule has 1 amide bonds. The van der Waals surface area contributed by atoms with Gasteiger partial charge in [0.15, 0.2) is 5.69 Å². The monoisotopic (exact) mass is 438 g/mol. The summed E-state index contributed by atoms with van der Waals surface area (Å²) in [5, 5.41) is 7.79. The summed E-state index contributed by atoms with van der Waals surface area (Å²) in [4.78, 5) is 14.9. The van der Waals surface area contributed by atoms with Crippen LogP contribution in [-0.4, -0.2) is 51.2 Å². The lowest BCUT2D eigenvalue weighted by Crippen LogP contribution is -2.39. The lowest BCUT2D eigenvalue weighted by Gasteiger charge is -2.27. The standard InChI is InChI=1S/C21H25F3N4OS/c1-27-18-7-6-15(25-13-14-4-2-3-5-17(14)21(22,23)24)12-16(18)19(26-27)20(29)28-8-10-30-11-9-28/h2-5,15,25H,6-13H2,1H3. The Balaban J connectivity index is 1.48. The first kappa shape index (κ1) is 21.2. The van der Waals surface area contributed by atoms with Crippen LogP contribution in [0.3, 0.4) is 0 Å². The highest BCUT2D eigenvalue weighted by Gasteiger charge is 2.34. The molecule has 2 aliphatic rings. The molecule has 5 nitrogen and oxygen atoms in total. The topological polar surface area (TPSA) is 50.2 Å². The van der Waals surface area contributed by atoms with Crippen LogP contribution in [0.25, 0.3) is 0 Å². The molecule has 1 atom stereocenters. The first-order valence-corrected chi connectivity index (χ1v) is 11.3. The Kier molecular flexibility index (Phi) is 6.11. The van der Waals surface area contributed by atoms with Gasteiger partial charge in [-0.1, -0.05) is 18.2 Å². The molecule has 30 heavy (non-hydrogen) atoms. The number of rotatable bonds is 4. The molecule has 1 aromatic heterocycles. The number of benzene rings is 1. The molecule has 0 bridgehead atoms. The van der Waals surface area contributed by atoms with E-state index in [1.807, 2.05) is 23.7 Å². The summed E-state index contributed by atoms with van der Waals surface area (Å²) in [6.45, 7) is 1.60. The Morgan fingerprint density at radius 3 is 2.73 bits per heavy atom. The molecule has 0 spiro atoms. The van der Waals surface area contributed by atoms with Crippen molar-refractivity contribution in [3.63, 3.8) is 0 Å². The van der Waals surface area contributed by atoms with Gasteiger partial charge in [-0.2, -0.15) is 30.0 Å². The number of thioether (sulfide) groups is 1. The molecule has 1 saturated heterocycles. The van der Waals surface area contributed by atoms with Gasteiger partial charge in [-0.25, -0.2) is 0 Å². The van der Waals surface area contributed by atoms with Gasteiger partial charge < -0.3 is 10.2 Å². The summed E-state index contributed by atoms with van der Waals surface area (Å²) < 4.78 is 41.5. The van der Waals surface area contributed by atoms with Crippen LogP contribution >= 0.6 is 11.8 Å². The third-order valence-corrected chi connectivity index (χ3v) is 6.80. The number of carbonyl (C=O) groups excluding carboxylic acids is 1. The summed E-state index contributed by atoms with van der Waals surface area (Å²) in [7, 11) is 1.86. The van der Waals surface area contributed by atoms with Gasteiger partial charge in [-0.05, 0) is 30.9 Å². The fraction of sp³-hybridized carbons (Fsp3) is 0.524. The van der Waals surface area contributed by atoms with Crippen molar-refractivity contribution < 1.29 is 18.0 Å². The van der Waals surface area contributed by atoms with Crippen molar-refractivity contribution in [2.45, 2.75) is 38.0 Å². The second-order valence-electron chi connectivity index (χ2n) is 7.78. The van der Waals surface area contributed by atoms with Gasteiger partial charge in [-0.3, -0.25) is 9.48 Å². The molecule has 0 saturated carbocycles. The van der Waals surface area contributed by atoms with E-state index in [1.54, 1.807) is 10.7 Å². The lowest BCUT2D eigenvalue weighted by molar-refractivity contribution is -0.138. The van der Waals surface area contributed by atoms with Crippen LogP contribution in [0.5, 0.6) is 0 Å². The Morgan fingerprint density at radius 1 is 1.27 bits per heavy atom. The van der Waals surface area contributed by atoms with E-state index in [4.69, 9.17) is 0 Å². The maximum atomic E-state index is 13.2. The number of hydrogen-bond donors (Lipinski definition) is 1. The van der Waals surface area contributed by atoms with E-state index < -0.39 is 11.7 Å². The van der Waals surface area contributed by atoms with Crippen molar-refractivity contribution in [2.24, 2.45) is 7.05 Å². The van der Waals surface area contributed by atoms with Crippen molar-refractivity contribution in [2.75, 3.05) is 24.6 Å². The largest absolute Gasteiger partial charge is 0.416 e. The van der Waals surface area contributed by atoms with Crippen LogP contribution in [0.1, 0.15) is 39.3 Å². The molecule has 9 heteroatoms. The van der Waals surface area contributed by atoms with Gasteiger partial charge in [0.2, 0.25) is 0 Å². The summed E-state index contributed by atoms with van der Waals surface area (Å²) in [5.74, 6) is 1.84. The van der Waals surface area contributed by atoms with Crippen molar-refractivity contribution >= 4 is 17.7 Å². The highest BCUT2D eigenvalue weighted by atomic mass is 32.2. The Bertz CT molecular complexity index is 921. The number of nitrogens with one attached hydrogen (secondary N) is 1. The molecule has 4 rings (SSSR count). The van der Waals surface area contributed by atoms with Crippen molar-refractivity contribution in [1.82, 2.24) is 20.0 Å². The van der Waals surface area contributed by atoms with Gasteiger partial charge in [-0.15, -0.1) is 0 Å². The quantitative estimate of drug-likeness (QED) is 0.796. The molecule has 1 aliphatic carbocycles. The minimum absolute atomic E-state index is 0.00597. The minimum atomic E-state index is -4.37. The number of nitrogens with zero attached hydrogens (tertiary/aromatic N) is 3. The third kappa shape index (κ3) is 4.37. The normalized spacial score (nSPS) is 19.6. The number of amides is 1. The number of alkyl halides is 3. The predicted octanol–water partition coefficient (Wildman–Crippen LogP) is 3.28. The van der Waals surface area contributed by atoms with Gasteiger partial charge in [0.1, 0.15) is 0 Å². The number of carbonyl (C=O) groups is 1. The summed E-state index contributed by atoms with van der Waals surface area (Å²) in [6, 6.07) is 5.67. The number of hydrogen-bond acceptors (Lipinski definition) is 4. The lowest BCUT2D eigenvalue weighted by atomic mass is 9.90. The average Bonchev–Trinajstić information content (AvgIpc) is 3.08. The molecule has 1 aromatic carbocycles. The van der Waals surface area contributed by atoms with Gasteiger partial charge in [0.25, 0.3) is 5.91 Å². The van der Waals surface area contributed by atoms with Crippen LogP contribution in [-0.2, 0) is 32.6 Å². The fourth-order valence-electron chi connectivity index (χ4n) is 4.26. The second-order valence-corrected chi connectivity index (χ2v) is 9.00. The number of aryl methyl sites for hydroxylation is 1. The van der Waals surface area contributed by atoms with Crippen molar-refractivity contribution in [1.29, 1.82) is 0 Å². The van der Waals surface area contributed by atoms with E-state index in [2.05, 4.69) is 10.4 Å². The average molecular weight is 439 g/mol. The number of fused-ring (bicyclic) bond motifs is 1. The molecule has 0 radical (unpaired) electrons. The maximum absolute atomic E-state index is 13.2. The van der Waals surface area contributed by atoms with Gasteiger partial charge in [0, 0.05) is 55.5 Å². The van der Waals surface area contributed by atoms with E-state index in [1.165, 1.54) is 12.1 Å². The molecule has 1 unspecified atom stereocenters. The second kappa shape index (κ2) is 8.63. The molecule has 2 aromatic rings.